The van der Waals surface area contributed by atoms with Crippen LogP contribution in [0.5, 0.6) is 5.75 Å². The van der Waals surface area contributed by atoms with Gasteiger partial charge in [0.2, 0.25) is 5.91 Å². The number of allylic oxidation sites excluding steroid dienone is 1. The highest BCUT2D eigenvalue weighted by atomic mass is 32.2. The lowest BCUT2D eigenvalue weighted by Crippen LogP contribution is -2.41. The number of nitrogens with one attached hydrogen (secondary N) is 1. The van der Waals surface area contributed by atoms with Crippen LogP contribution in [-0.2, 0) is 14.8 Å². The Morgan fingerprint density at radius 1 is 1.06 bits per heavy atom. The average molecular weight is 443 g/mol. The Kier molecular flexibility index (Phi) is 7.38. The molecule has 1 aliphatic carbocycles. The predicted molar refractivity (Wildman–Crippen MR) is 123 cm³/mol. The molecule has 0 saturated heterocycles. The van der Waals surface area contributed by atoms with E-state index in [1.807, 2.05) is 19.9 Å². The first-order valence-corrected chi connectivity index (χ1v) is 11.9. The van der Waals surface area contributed by atoms with Crippen LogP contribution in [0, 0.1) is 13.8 Å². The van der Waals surface area contributed by atoms with Gasteiger partial charge in [-0.1, -0.05) is 35.4 Å². The Morgan fingerprint density at radius 3 is 2.42 bits per heavy atom. The lowest BCUT2D eigenvalue weighted by atomic mass is 10.00. The molecule has 31 heavy (non-hydrogen) atoms. The van der Waals surface area contributed by atoms with E-state index in [0.29, 0.717) is 18.0 Å². The fourth-order valence-electron chi connectivity index (χ4n) is 3.60. The fraction of sp³-hybridized carbons (Fsp3) is 0.375. The van der Waals surface area contributed by atoms with Gasteiger partial charge in [-0.2, -0.15) is 0 Å². The monoisotopic (exact) mass is 442 g/mol. The number of hydrogen-bond donors (Lipinski definition) is 1. The maximum atomic E-state index is 13.5. The SMILES string of the molecule is COc1ccc(C)cc1N(CC(=O)NCC1=CCCCC1)S(=O)(=O)c1ccc(C)cc1. The van der Waals surface area contributed by atoms with E-state index in [4.69, 9.17) is 4.74 Å². The van der Waals surface area contributed by atoms with Crippen LogP contribution in [-0.4, -0.2) is 34.5 Å². The van der Waals surface area contributed by atoms with Gasteiger partial charge in [0.15, 0.2) is 0 Å². The van der Waals surface area contributed by atoms with Crippen molar-refractivity contribution in [3.05, 3.63) is 65.2 Å². The number of methoxy groups -OCH3 is 1. The second kappa shape index (κ2) is 10.0. The first kappa shape index (κ1) is 22.9. The van der Waals surface area contributed by atoms with E-state index >= 15 is 0 Å². The third-order valence-corrected chi connectivity index (χ3v) is 7.17. The molecule has 0 atom stereocenters. The minimum atomic E-state index is -3.98. The number of anilines is 1. The maximum absolute atomic E-state index is 13.5. The number of nitrogens with zero attached hydrogens (tertiary/aromatic N) is 1. The van der Waals surface area contributed by atoms with Crippen LogP contribution >= 0.6 is 0 Å². The van der Waals surface area contributed by atoms with Crippen molar-refractivity contribution in [2.45, 2.75) is 44.4 Å². The highest BCUT2D eigenvalue weighted by molar-refractivity contribution is 7.92. The molecule has 2 aromatic rings. The molecule has 0 heterocycles. The van der Waals surface area contributed by atoms with Gasteiger partial charge in [0.1, 0.15) is 12.3 Å². The molecular formula is C24H30N2O4S. The number of carbonyl (C=O) groups excluding carboxylic acids is 1. The fourth-order valence-corrected chi connectivity index (χ4v) is 5.02. The number of carbonyl (C=O) groups is 1. The van der Waals surface area contributed by atoms with Gasteiger partial charge < -0.3 is 10.1 Å². The van der Waals surface area contributed by atoms with Crippen LogP contribution in [0.2, 0.25) is 0 Å². The van der Waals surface area contributed by atoms with E-state index < -0.39 is 10.0 Å². The first-order valence-electron chi connectivity index (χ1n) is 10.5. The van der Waals surface area contributed by atoms with Crippen LogP contribution in [0.1, 0.15) is 36.8 Å². The third kappa shape index (κ3) is 5.67. The van der Waals surface area contributed by atoms with Crippen molar-refractivity contribution >= 4 is 21.6 Å². The second-order valence-electron chi connectivity index (χ2n) is 7.88. The van der Waals surface area contributed by atoms with E-state index in [2.05, 4.69) is 11.4 Å². The molecule has 2 aromatic carbocycles. The van der Waals surface area contributed by atoms with Gasteiger partial charge in [-0.05, 0) is 69.4 Å². The number of ether oxygens (including phenoxy) is 1. The van der Waals surface area contributed by atoms with Crippen LogP contribution in [0.15, 0.2) is 59.0 Å². The van der Waals surface area contributed by atoms with E-state index in [0.717, 1.165) is 34.7 Å². The van der Waals surface area contributed by atoms with Gasteiger partial charge in [0, 0.05) is 6.54 Å². The van der Waals surface area contributed by atoms with Crippen LogP contribution in [0.4, 0.5) is 5.69 Å². The minimum absolute atomic E-state index is 0.129. The Labute approximate surface area is 185 Å². The van der Waals surface area contributed by atoms with Gasteiger partial charge in [0.25, 0.3) is 10.0 Å². The smallest absolute Gasteiger partial charge is 0.264 e. The van der Waals surface area contributed by atoms with E-state index in [-0.39, 0.29) is 17.3 Å². The van der Waals surface area contributed by atoms with Crippen molar-refractivity contribution in [3.63, 3.8) is 0 Å². The summed E-state index contributed by atoms with van der Waals surface area (Å²) in [6.07, 6.45) is 6.45. The molecule has 1 N–H and O–H groups in total. The zero-order valence-electron chi connectivity index (χ0n) is 18.3. The average Bonchev–Trinajstić information content (AvgIpc) is 2.77. The van der Waals surface area contributed by atoms with Crippen molar-refractivity contribution < 1.29 is 17.9 Å². The van der Waals surface area contributed by atoms with Crippen LogP contribution in [0.3, 0.4) is 0 Å². The van der Waals surface area contributed by atoms with Crippen molar-refractivity contribution in [3.8, 4) is 5.75 Å². The number of hydrogen-bond acceptors (Lipinski definition) is 4. The Morgan fingerprint density at radius 2 is 1.77 bits per heavy atom. The molecule has 6 nitrogen and oxygen atoms in total. The molecule has 0 spiro atoms. The number of aryl methyl sites for hydroxylation is 2. The highest BCUT2D eigenvalue weighted by Crippen LogP contribution is 2.33. The highest BCUT2D eigenvalue weighted by Gasteiger charge is 2.29. The number of amides is 1. The Bertz CT molecular complexity index is 1060. The van der Waals surface area contributed by atoms with E-state index in [1.165, 1.54) is 19.1 Å². The van der Waals surface area contributed by atoms with Gasteiger partial charge in [-0.25, -0.2) is 8.42 Å². The summed E-state index contributed by atoms with van der Waals surface area (Å²) in [4.78, 5) is 12.9. The van der Waals surface area contributed by atoms with Gasteiger partial charge in [-0.15, -0.1) is 0 Å². The molecule has 0 fully saturated rings. The first-order chi connectivity index (χ1) is 14.8. The summed E-state index contributed by atoms with van der Waals surface area (Å²) in [5.74, 6) is 0.0368. The van der Waals surface area contributed by atoms with Gasteiger partial charge in [0.05, 0.1) is 17.7 Å². The summed E-state index contributed by atoms with van der Waals surface area (Å²) >= 11 is 0. The molecule has 1 aliphatic rings. The summed E-state index contributed by atoms with van der Waals surface area (Å²) in [5, 5.41) is 2.88. The van der Waals surface area contributed by atoms with Crippen molar-refractivity contribution in [1.82, 2.24) is 5.32 Å². The third-order valence-electron chi connectivity index (χ3n) is 5.40. The molecule has 0 unspecified atom stereocenters. The Balaban J connectivity index is 1.92. The maximum Gasteiger partial charge on any atom is 0.264 e. The molecule has 0 saturated carbocycles. The van der Waals surface area contributed by atoms with Gasteiger partial charge >= 0.3 is 0 Å². The summed E-state index contributed by atoms with van der Waals surface area (Å²) < 4.78 is 33.6. The molecule has 0 aliphatic heterocycles. The molecular weight excluding hydrogens is 412 g/mol. The largest absolute Gasteiger partial charge is 0.495 e. The molecule has 3 rings (SSSR count). The number of sulfonamides is 1. The normalized spacial score (nSPS) is 14.0. The van der Waals surface area contributed by atoms with Gasteiger partial charge in [-0.3, -0.25) is 9.10 Å². The van der Waals surface area contributed by atoms with E-state index in [1.54, 1.807) is 36.4 Å². The predicted octanol–water partition coefficient (Wildman–Crippen LogP) is 4.12. The number of benzene rings is 2. The quantitative estimate of drug-likeness (QED) is 0.624. The zero-order chi connectivity index (χ0) is 22.4. The van der Waals surface area contributed by atoms with Crippen molar-refractivity contribution in [2.24, 2.45) is 0 Å². The summed E-state index contributed by atoms with van der Waals surface area (Å²) in [6.45, 7) is 3.88. The lowest BCUT2D eigenvalue weighted by molar-refractivity contribution is -0.119. The van der Waals surface area contributed by atoms with Crippen molar-refractivity contribution in [1.29, 1.82) is 0 Å². The molecule has 0 bridgehead atoms. The number of rotatable bonds is 8. The summed E-state index contributed by atoms with van der Waals surface area (Å²) in [7, 11) is -2.49. The lowest BCUT2D eigenvalue weighted by Gasteiger charge is -2.26. The Hall–Kier alpha value is -2.80. The van der Waals surface area contributed by atoms with Crippen molar-refractivity contribution in [2.75, 3.05) is 24.5 Å². The summed E-state index contributed by atoms with van der Waals surface area (Å²) in [6, 6.07) is 11.9. The van der Waals surface area contributed by atoms with E-state index in [9.17, 15) is 13.2 Å². The van der Waals surface area contributed by atoms with Crippen LogP contribution in [0.25, 0.3) is 0 Å². The standard InChI is InChI=1S/C24H30N2O4S/c1-18-9-12-21(13-10-18)31(28,29)26(22-15-19(2)11-14-23(22)30-3)17-24(27)25-16-20-7-5-4-6-8-20/h7,9-15H,4-6,8,16-17H2,1-3H3,(H,25,27). The molecule has 1 amide bonds. The second-order valence-corrected chi connectivity index (χ2v) is 9.75. The zero-order valence-corrected chi connectivity index (χ0v) is 19.2. The topological polar surface area (TPSA) is 75.7 Å². The molecule has 7 heteroatoms. The molecule has 0 radical (unpaired) electrons. The molecule has 0 aromatic heterocycles. The minimum Gasteiger partial charge on any atom is -0.495 e. The molecule has 166 valence electrons. The summed E-state index contributed by atoms with van der Waals surface area (Å²) in [5.41, 5.74) is 3.36. The van der Waals surface area contributed by atoms with Crippen LogP contribution < -0.4 is 14.4 Å².